The minimum absolute atomic E-state index is 0.568. The standard InChI is InChI=1S/C12H21N3/c1-11(10-13-2)15(3)9-7-12-6-4-5-8-14-12/h4-6,8,11,13H,7,9-10H2,1-3H3. The fourth-order valence-electron chi connectivity index (χ4n) is 1.51. The van der Waals surface area contributed by atoms with Crippen LogP contribution in [-0.4, -0.2) is 43.1 Å². The van der Waals surface area contributed by atoms with Gasteiger partial charge in [-0.25, -0.2) is 0 Å². The molecule has 1 unspecified atom stereocenters. The first-order valence-corrected chi connectivity index (χ1v) is 5.48. The summed E-state index contributed by atoms with van der Waals surface area (Å²) in [5.74, 6) is 0. The third-order valence-electron chi connectivity index (χ3n) is 2.70. The zero-order valence-electron chi connectivity index (χ0n) is 9.90. The monoisotopic (exact) mass is 207 g/mol. The van der Waals surface area contributed by atoms with Gasteiger partial charge in [-0.1, -0.05) is 6.07 Å². The third-order valence-corrected chi connectivity index (χ3v) is 2.70. The van der Waals surface area contributed by atoms with E-state index in [-0.39, 0.29) is 0 Å². The Morgan fingerprint density at radius 2 is 2.27 bits per heavy atom. The Morgan fingerprint density at radius 3 is 2.87 bits per heavy atom. The van der Waals surface area contributed by atoms with Gasteiger partial charge in [-0.2, -0.15) is 0 Å². The van der Waals surface area contributed by atoms with Crippen molar-refractivity contribution in [2.24, 2.45) is 0 Å². The second-order valence-corrected chi connectivity index (χ2v) is 3.96. The predicted molar refractivity (Wildman–Crippen MR) is 64.0 cm³/mol. The van der Waals surface area contributed by atoms with Crippen LogP contribution in [0.5, 0.6) is 0 Å². The van der Waals surface area contributed by atoms with Crippen LogP contribution in [-0.2, 0) is 6.42 Å². The van der Waals surface area contributed by atoms with E-state index in [0.29, 0.717) is 6.04 Å². The highest BCUT2D eigenvalue weighted by molar-refractivity contribution is 5.03. The highest BCUT2D eigenvalue weighted by Gasteiger charge is 2.07. The zero-order chi connectivity index (χ0) is 11.1. The quantitative estimate of drug-likeness (QED) is 0.759. The summed E-state index contributed by atoms with van der Waals surface area (Å²) in [7, 11) is 4.15. The van der Waals surface area contributed by atoms with Crippen LogP contribution in [0.15, 0.2) is 24.4 Å². The first-order valence-electron chi connectivity index (χ1n) is 5.48. The predicted octanol–water partition coefficient (Wildman–Crippen LogP) is 1.16. The number of pyridine rings is 1. The van der Waals surface area contributed by atoms with E-state index in [0.717, 1.165) is 19.5 Å². The fraction of sp³-hybridized carbons (Fsp3) is 0.583. The van der Waals surface area contributed by atoms with E-state index in [4.69, 9.17) is 0 Å². The van der Waals surface area contributed by atoms with E-state index in [2.05, 4.69) is 35.2 Å². The maximum Gasteiger partial charge on any atom is 0.0416 e. The Morgan fingerprint density at radius 1 is 1.47 bits per heavy atom. The van der Waals surface area contributed by atoms with Gasteiger partial charge in [0.1, 0.15) is 0 Å². The molecule has 0 aliphatic rings. The number of hydrogen-bond acceptors (Lipinski definition) is 3. The second-order valence-electron chi connectivity index (χ2n) is 3.96. The molecule has 0 radical (unpaired) electrons. The normalized spacial score (nSPS) is 13.1. The maximum absolute atomic E-state index is 4.31. The summed E-state index contributed by atoms with van der Waals surface area (Å²) >= 11 is 0. The molecule has 0 saturated carbocycles. The van der Waals surface area contributed by atoms with Crippen molar-refractivity contribution in [1.29, 1.82) is 0 Å². The van der Waals surface area contributed by atoms with Gasteiger partial charge in [-0.15, -0.1) is 0 Å². The lowest BCUT2D eigenvalue weighted by Crippen LogP contribution is -2.37. The van der Waals surface area contributed by atoms with Crippen LogP contribution in [0, 0.1) is 0 Å². The van der Waals surface area contributed by atoms with Crippen molar-refractivity contribution < 1.29 is 0 Å². The molecule has 0 aliphatic heterocycles. The lowest BCUT2D eigenvalue weighted by Gasteiger charge is -2.24. The van der Waals surface area contributed by atoms with Crippen molar-refractivity contribution in [3.63, 3.8) is 0 Å². The molecule has 1 rings (SSSR count). The molecule has 1 aromatic rings. The van der Waals surface area contributed by atoms with Gasteiger partial charge in [0, 0.05) is 37.4 Å². The molecule has 15 heavy (non-hydrogen) atoms. The summed E-state index contributed by atoms with van der Waals surface area (Å²) < 4.78 is 0. The first kappa shape index (κ1) is 12.1. The summed E-state index contributed by atoms with van der Waals surface area (Å²) in [4.78, 5) is 6.67. The molecular formula is C12H21N3. The van der Waals surface area contributed by atoms with Crippen molar-refractivity contribution in [2.45, 2.75) is 19.4 Å². The average Bonchev–Trinajstić information content (AvgIpc) is 2.27. The summed E-state index contributed by atoms with van der Waals surface area (Å²) in [5, 5.41) is 3.19. The molecule has 1 N–H and O–H groups in total. The summed E-state index contributed by atoms with van der Waals surface area (Å²) in [6.07, 6.45) is 2.87. The Labute approximate surface area is 92.5 Å². The Hall–Kier alpha value is -0.930. The van der Waals surface area contributed by atoms with E-state index in [1.165, 1.54) is 5.69 Å². The molecule has 1 aromatic heterocycles. The van der Waals surface area contributed by atoms with Crippen LogP contribution < -0.4 is 5.32 Å². The van der Waals surface area contributed by atoms with E-state index in [1.807, 2.05) is 25.4 Å². The number of hydrogen-bond donors (Lipinski definition) is 1. The van der Waals surface area contributed by atoms with E-state index in [1.54, 1.807) is 0 Å². The van der Waals surface area contributed by atoms with Gasteiger partial charge in [0.25, 0.3) is 0 Å². The lowest BCUT2D eigenvalue weighted by atomic mass is 10.2. The molecule has 0 aromatic carbocycles. The molecule has 0 fully saturated rings. The van der Waals surface area contributed by atoms with Gasteiger partial charge < -0.3 is 10.2 Å². The van der Waals surface area contributed by atoms with Crippen LogP contribution in [0.1, 0.15) is 12.6 Å². The first-order chi connectivity index (χ1) is 7.24. The van der Waals surface area contributed by atoms with E-state index in [9.17, 15) is 0 Å². The van der Waals surface area contributed by atoms with Gasteiger partial charge in [-0.05, 0) is 33.2 Å². The maximum atomic E-state index is 4.31. The van der Waals surface area contributed by atoms with Crippen molar-refractivity contribution in [3.05, 3.63) is 30.1 Å². The van der Waals surface area contributed by atoms with Crippen LogP contribution >= 0.6 is 0 Å². The fourth-order valence-corrected chi connectivity index (χ4v) is 1.51. The van der Waals surface area contributed by atoms with Crippen molar-refractivity contribution in [2.75, 3.05) is 27.2 Å². The Bertz CT molecular complexity index is 261. The molecular weight excluding hydrogens is 186 g/mol. The van der Waals surface area contributed by atoms with Gasteiger partial charge in [0.05, 0.1) is 0 Å². The number of likely N-dealkylation sites (N-methyl/N-ethyl adjacent to an activating group) is 2. The molecule has 1 atom stereocenters. The van der Waals surface area contributed by atoms with Crippen molar-refractivity contribution in [1.82, 2.24) is 15.2 Å². The summed E-state index contributed by atoms with van der Waals surface area (Å²) in [6, 6.07) is 6.64. The highest BCUT2D eigenvalue weighted by atomic mass is 15.1. The van der Waals surface area contributed by atoms with Crippen LogP contribution in [0.25, 0.3) is 0 Å². The molecule has 0 amide bonds. The number of nitrogens with zero attached hydrogens (tertiary/aromatic N) is 2. The molecule has 0 aliphatic carbocycles. The van der Waals surface area contributed by atoms with Gasteiger partial charge in [0.2, 0.25) is 0 Å². The number of nitrogens with one attached hydrogen (secondary N) is 1. The van der Waals surface area contributed by atoms with Crippen LogP contribution in [0.4, 0.5) is 0 Å². The molecule has 3 heteroatoms. The minimum Gasteiger partial charge on any atom is -0.318 e. The molecule has 84 valence electrons. The van der Waals surface area contributed by atoms with Crippen LogP contribution in [0.2, 0.25) is 0 Å². The average molecular weight is 207 g/mol. The summed E-state index contributed by atoms with van der Waals surface area (Å²) in [6.45, 7) is 4.31. The van der Waals surface area contributed by atoms with Gasteiger partial charge >= 0.3 is 0 Å². The molecule has 1 heterocycles. The number of rotatable bonds is 6. The summed E-state index contributed by atoms with van der Waals surface area (Å²) in [5.41, 5.74) is 1.17. The Kier molecular flexibility index (Phi) is 5.29. The topological polar surface area (TPSA) is 28.2 Å². The molecule has 3 nitrogen and oxygen atoms in total. The van der Waals surface area contributed by atoms with E-state index < -0.39 is 0 Å². The smallest absolute Gasteiger partial charge is 0.0416 e. The van der Waals surface area contributed by atoms with Crippen molar-refractivity contribution in [3.8, 4) is 0 Å². The van der Waals surface area contributed by atoms with E-state index >= 15 is 0 Å². The minimum atomic E-state index is 0.568. The largest absolute Gasteiger partial charge is 0.318 e. The van der Waals surface area contributed by atoms with Crippen molar-refractivity contribution >= 4 is 0 Å². The van der Waals surface area contributed by atoms with Crippen LogP contribution in [0.3, 0.4) is 0 Å². The third kappa shape index (κ3) is 4.40. The van der Waals surface area contributed by atoms with Gasteiger partial charge in [-0.3, -0.25) is 4.98 Å². The van der Waals surface area contributed by atoms with Gasteiger partial charge in [0.15, 0.2) is 0 Å². The number of aromatic nitrogens is 1. The zero-order valence-corrected chi connectivity index (χ0v) is 9.90. The molecule has 0 spiro atoms. The molecule has 0 bridgehead atoms. The molecule has 0 saturated heterocycles. The lowest BCUT2D eigenvalue weighted by molar-refractivity contribution is 0.256. The SMILES string of the molecule is CNCC(C)N(C)CCc1ccccn1. The Balaban J connectivity index is 2.31. The highest BCUT2D eigenvalue weighted by Crippen LogP contribution is 1.99. The second kappa shape index (κ2) is 6.53.